The number of aliphatic carboxylic acids is 1. The molecule has 0 bridgehead atoms. The van der Waals surface area contributed by atoms with Crippen LogP contribution in [0.25, 0.3) is 0 Å². The molecule has 0 aliphatic rings. The Balaban J connectivity index is 3.54. The van der Waals surface area contributed by atoms with Crippen LogP contribution in [0.15, 0.2) is 0 Å². The fraction of sp³-hybridized carbons (Fsp3) is 0.600. The van der Waals surface area contributed by atoms with Gasteiger partial charge < -0.3 is 20.3 Å². The fourth-order valence-electron chi connectivity index (χ4n) is 0.315. The summed E-state index contributed by atoms with van der Waals surface area (Å²) in [5, 5.41) is 8.24. The quantitative estimate of drug-likeness (QED) is 0.476. The number of ether oxygens (including phenoxy) is 2. The maximum Gasteiger partial charge on any atom is 0.509 e. The first-order valence-corrected chi connectivity index (χ1v) is 3.45. The maximum atomic E-state index is 10.4. The summed E-state index contributed by atoms with van der Waals surface area (Å²) in [6.45, 7) is -0.439. The number of halogens is 1. The summed E-state index contributed by atoms with van der Waals surface area (Å²) < 4.78 is 8.38. The van der Waals surface area contributed by atoms with Crippen LogP contribution in [0.2, 0.25) is 0 Å². The van der Waals surface area contributed by atoms with Gasteiger partial charge in [0.2, 0.25) is 0 Å². The second kappa shape index (κ2) is 5.62. The lowest BCUT2D eigenvalue weighted by Crippen LogP contribution is -2.35. The van der Waals surface area contributed by atoms with Gasteiger partial charge in [-0.3, -0.25) is 4.79 Å². The Morgan fingerprint density at radius 3 is 2.50 bits per heavy atom. The van der Waals surface area contributed by atoms with E-state index in [0.717, 1.165) is 0 Å². The molecule has 0 spiro atoms. The number of carbonyl (C=O) groups excluding carboxylic acids is 1. The van der Waals surface area contributed by atoms with Crippen molar-refractivity contribution in [3.05, 3.63) is 0 Å². The molecule has 0 saturated carbocycles. The van der Waals surface area contributed by atoms with E-state index in [1.165, 1.54) is 0 Å². The number of carboxylic acid groups (broad SMARTS) is 1. The van der Waals surface area contributed by atoms with Crippen LogP contribution >= 0.6 is 11.6 Å². The van der Waals surface area contributed by atoms with Crippen LogP contribution in [-0.4, -0.2) is 35.9 Å². The third-order valence-electron chi connectivity index (χ3n) is 0.870. The van der Waals surface area contributed by atoms with Gasteiger partial charge in [-0.2, -0.15) is 0 Å². The predicted molar refractivity (Wildman–Crippen MR) is 38.8 cm³/mol. The Bertz CT molecular complexity index is 173. The van der Waals surface area contributed by atoms with Gasteiger partial charge in [-0.1, -0.05) is 11.6 Å². The van der Waals surface area contributed by atoms with Gasteiger partial charge in [0.1, 0.15) is 12.6 Å². The summed E-state index contributed by atoms with van der Waals surface area (Å²) in [5.41, 5.74) is 5.00. The summed E-state index contributed by atoms with van der Waals surface area (Å²) in [7, 11) is 0. The van der Waals surface area contributed by atoms with Crippen molar-refractivity contribution in [2.45, 2.75) is 6.04 Å². The number of carboxylic acids is 1. The minimum Gasteiger partial charge on any atom is -0.480 e. The SMILES string of the molecule is N[C@H](COC(=O)OCCl)C(=O)O. The molecule has 0 aromatic heterocycles. The molecule has 0 saturated heterocycles. The highest BCUT2D eigenvalue weighted by Gasteiger charge is 2.14. The summed E-state index contributed by atoms with van der Waals surface area (Å²) >= 11 is 5.00. The van der Waals surface area contributed by atoms with E-state index in [1.807, 2.05) is 0 Å². The maximum absolute atomic E-state index is 10.4. The molecule has 0 aliphatic heterocycles. The highest BCUT2D eigenvalue weighted by molar-refractivity contribution is 6.17. The molecule has 0 aromatic rings. The fourth-order valence-corrected chi connectivity index (χ4v) is 0.404. The Labute approximate surface area is 73.2 Å². The Morgan fingerprint density at radius 2 is 2.08 bits per heavy atom. The van der Waals surface area contributed by atoms with Gasteiger partial charge in [0.05, 0.1) is 0 Å². The van der Waals surface area contributed by atoms with Crippen molar-refractivity contribution in [2.24, 2.45) is 5.73 Å². The third kappa shape index (κ3) is 4.75. The molecule has 70 valence electrons. The Morgan fingerprint density at radius 1 is 1.50 bits per heavy atom. The molecular weight excluding hydrogens is 190 g/mol. The first kappa shape index (κ1) is 11.0. The van der Waals surface area contributed by atoms with Crippen LogP contribution in [-0.2, 0) is 14.3 Å². The van der Waals surface area contributed by atoms with Crippen LogP contribution in [0.4, 0.5) is 4.79 Å². The second-order valence-corrected chi connectivity index (χ2v) is 1.98. The summed E-state index contributed by atoms with van der Waals surface area (Å²) in [6, 6.07) is -1.59. The number of carbonyl (C=O) groups is 2. The zero-order chi connectivity index (χ0) is 9.56. The molecule has 0 aliphatic carbocycles. The van der Waals surface area contributed by atoms with E-state index < -0.39 is 24.8 Å². The molecule has 0 heterocycles. The van der Waals surface area contributed by atoms with E-state index in [1.54, 1.807) is 0 Å². The van der Waals surface area contributed by atoms with Gasteiger partial charge in [-0.05, 0) is 0 Å². The average molecular weight is 198 g/mol. The number of rotatable bonds is 4. The molecule has 0 aromatic carbocycles. The van der Waals surface area contributed by atoms with Crippen molar-refractivity contribution >= 4 is 23.7 Å². The van der Waals surface area contributed by atoms with E-state index in [-0.39, 0.29) is 6.07 Å². The van der Waals surface area contributed by atoms with Crippen molar-refractivity contribution in [2.75, 3.05) is 12.7 Å². The van der Waals surface area contributed by atoms with E-state index in [9.17, 15) is 9.59 Å². The second-order valence-electron chi connectivity index (χ2n) is 1.76. The number of alkyl halides is 1. The smallest absolute Gasteiger partial charge is 0.480 e. The summed E-state index contributed by atoms with van der Waals surface area (Å²) in [5.74, 6) is -1.26. The number of hydrogen-bond acceptors (Lipinski definition) is 5. The van der Waals surface area contributed by atoms with E-state index >= 15 is 0 Å². The molecule has 0 fully saturated rings. The van der Waals surface area contributed by atoms with Crippen molar-refractivity contribution in [1.82, 2.24) is 0 Å². The van der Waals surface area contributed by atoms with Crippen molar-refractivity contribution in [3.63, 3.8) is 0 Å². The summed E-state index contributed by atoms with van der Waals surface area (Å²) in [6.07, 6.45) is -1.04. The standard InChI is InChI=1S/C5H8ClNO5/c6-2-12-5(10)11-1-3(7)4(8)9/h3H,1-2,7H2,(H,8,9)/t3-/m1/s1. The van der Waals surface area contributed by atoms with E-state index in [0.29, 0.717) is 0 Å². The topological polar surface area (TPSA) is 98.9 Å². The molecule has 0 unspecified atom stereocenters. The molecule has 0 radical (unpaired) electrons. The first-order valence-electron chi connectivity index (χ1n) is 2.91. The molecule has 1 atom stereocenters. The van der Waals surface area contributed by atoms with Crippen molar-refractivity contribution in [3.8, 4) is 0 Å². The Kier molecular flexibility index (Phi) is 5.14. The van der Waals surface area contributed by atoms with Gasteiger partial charge >= 0.3 is 12.1 Å². The van der Waals surface area contributed by atoms with Crippen LogP contribution < -0.4 is 5.73 Å². The molecule has 0 rings (SSSR count). The van der Waals surface area contributed by atoms with Gasteiger partial charge in [-0.15, -0.1) is 0 Å². The number of nitrogens with two attached hydrogens (primary N) is 1. The minimum atomic E-state index is -1.26. The van der Waals surface area contributed by atoms with Crippen LogP contribution in [0.5, 0.6) is 0 Å². The van der Waals surface area contributed by atoms with Crippen LogP contribution in [0.3, 0.4) is 0 Å². The molecule has 12 heavy (non-hydrogen) atoms. The predicted octanol–water partition coefficient (Wildman–Crippen LogP) is -0.252. The van der Waals surface area contributed by atoms with E-state index in [2.05, 4.69) is 9.47 Å². The lowest BCUT2D eigenvalue weighted by Gasteiger charge is -2.06. The average Bonchev–Trinajstić information content (AvgIpc) is 2.00. The monoisotopic (exact) mass is 197 g/mol. The normalized spacial score (nSPS) is 11.8. The molecule has 0 amide bonds. The van der Waals surface area contributed by atoms with E-state index in [4.69, 9.17) is 22.4 Å². The van der Waals surface area contributed by atoms with Gasteiger partial charge in [0.15, 0.2) is 6.07 Å². The largest absolute Gasteiger partial charge is 0.509 e. The zero-order valence-corrected chi connectivity index (χ0v) is 6.78. The van der Waals surface area contributed by atoms with Gasteiger partial charge in [-0.25, -0.2) is 4.79 Å². The molecular formula is C5H8ClNO5. The number of hydrogen-bond donors (Lipinski definition) is 2. The third-order valence-corrected chi connectivity index (χ3v) is 0.979. The molecule has 3 N–H and O–H groups in total. The highest BCUT2D eigenvalue weighted by atomic mass is 35.5. The lowest BCUT2D eigenvalue weighted by atomic mass is 10.3. The highest BCUT2D eigenvalue weighted by Crippen LogP contribution is 1.89. The molecule has 7 heteroatoms. The minimum absolute atomic E-state index is 0.346. The van der Waals surface area contributed by atoms with Crippen molar-refractivity contribution in [1.29, 1.82) is 0 Å². The van der Waals surface area contributed by atoms with Crippen LogP contribution in [0.1, 0.15) is 0 Å². The zero-order valence-electron chi connectivity index (χ0n) is 6.03. The van der Waals surface area contributed by atoms with Gasteiger partial charge in [0.25, 0.3) is 0 Å². The molecule has 6 nitrogen and oxygen atoms in total. The summed E-state index contributed by atoms with van der Waals surface area (Å²) in [4.78, 5) is 20.5. The van der Waals surface area contributed by atoms with Crippen LogP contribution in [0, 0.1) is 0 Å². The van der Waals surface area contributed by atoms with Gasteiger partial charge in [0, 0.05) is 0 Å². The lowest BCUT2D eigenvalue weighted by molar-refractivity contribution is -0.139. The Hall–Kier alpha value is -1.01. The van der Waals surface area contributed by atoms with Crippen molar-refractivity contribution < 1.29 is 24.2 Å². The first-order chi connectivity index (χ1) is 5.57.